The van der Waals surface area contributed by atoms with E-state index in [1.807, 2.05) is 0 Å². The minimum atomic E-state index is -3.36. The number of sulfonamides is 1. The lowest BCUT2D eigenvalue weighted by molar-refractivity contribution is -0.422. The minimum absolute atomic E-state index is 0.00683. The van der Waals surface area contributed by atoms with Crippen LogP contribution in [0.3, 0.4) is 0 Å². The summed E-state index contributed by atoms with van der Waals surface area (Å²) in [7, 11) is -3.36. The number of hydrogen-bond acceptors (Lipinski definition) is 4. The van der Waals surface area contributed by atoms with Crippen molar-refractivity contribution in [3.63, 3.8) is 0 Å². The first-order valence-electron chi connectivity index (χ1n) is 5.68. The van der Waals surface area contributed by atoms with Gasteiger partial charge in [0, 0.05) is 41.4 Å². The zero-order chi connectivity index (χ0) is 14.9. The molecule has 0 atom stereocenters. The Hall–Kier alpha value is -2.35. The highest BCUT2D eigenvalue weighted by Crippen LogP contribution is 2.24. The van der Waals surface area contributed by atoms with Crippen LogP contribution in [0.2, 0.25) is 0 Å². The van der Waals surface area contributed by atoms with Gasteiger partial charge in [-0.25, -0.2) is 8.42 Å². The molecule has 106 valence electrons. The zero-order valence-electron chi connectivity index (χ0n) is 10.9. The van der Waals surface area contributed by atoms with Crippen LogP contribution in [-0.2, 0) is 10.0 Å². The second-order valence-corrected chi connectivity index (χ2v) is 6.17. The molecule has 0 aliphatic heterocycles. The van der Waals surface area contributed by atoms with Crippen LogP contribution in [0, 0.1) is 10.1 Å². The van der Waals surface area contributed by atoms with Crippen molar-refractivity contribution in [1.29, 1.82) is 0 Å². The van der Waals surface area contributed by atoms with Crippen LogP contribution >= 0.6 is 0 Å². The van der Waals surface area contributed by atoms with Gasteiger partial charge in [-0.3, -0.25) is 14.8 Å². The number of nitrogens with zero attached hydrogens (tertiary/aromatic N) is 1. The highest BCUT2D eigenvalue weighted by atomic mass is 32.2. The van der Waals surface area contributed by atoms with Crippen LogP contribution in [-0.4, -0.2) is 24.6 Å². The maximum atomic E-state index is 11.2. The molecular formula is C12H13N3O4S. The molecule has 0 radical (unpaired) electrons. The Morgan fingerprint density at radius 1 is 1.45 bits per heavy atom. The van der Waals surface area contributed by atoms with E-state index in [2.05, 4.69) is 9.71 Å². The summed E-state index contributed by atoms with van der Waals surface area (Å²) in [4.78, 5) is 13.2. The highest BCUT2D eigenvalue weighted by molar-refractivity contribution is 7.92. The van der Waals surface area contributed by atoms with Crippen molar-refractivity contribution < 1.29 is 13.3 Å². The summed E-state index contributed by atoms with van der Waals surface area (Å²) in [6, 6.07) is 4.96. The number of hydrogen-bond donors (Lipinski definition) is 2. The summed E-state index contributed by atoms with van der Waals surface area (Å²) in [5.74, 6) is 0. The molecule has 0 fully saturated rings. The SMILES string of the molecule is CC(=Cc1c[nH]c2ccc(NS(C)(=O)=O)cc12)[N+](=O)[O-]. The number of nitro groups is 1. The van der Waals surface area contributed by atoms with Crippen LogP contribution in [0.15, 0.2) is 30.1 Å². The quantitative estimate of drug-likeness (QED) is 0.666. The first-order valence-corrected chi connectivity index (χ1v) is 7.57. The van der Waals surface area contributed by atoms with E-state index in [1.54, 1.807) is 24.4 Å². The van der Waals surface area contributed by atoms with Crippen molar-refractivity contribution >= 4 is 32.7 Å². The molecular weight excluding hydrogens is 282 g/mol. The summed E-state index contributed by atoms with van der Waals surface area (Å²) in [5, 5.41) is 11.4. The van der Waals surface area contributed by atoms with E-state index < -0.39 is 14.9 Å². The fraction of sp³-hybridized carbons (Fsp3) is 0.167. The van der Waals surface area contributed by atoms with E-state index >= 15 is 0 Å². The molecule has 1 aromatic heterocycles. The van der Waals surface area contributed by atoms with E-state index in [0.717, 1.165) is 11.8 Å². The lowest BCUT2D eigenvalue weighted by atomic mass is 10.1. The van der Waals surface area contributed by atoms with Gasteiger partial charge in [0.15, 0.2) is 0 Å². The lowest BCUT2D eigenvalue weighted by Crippen LogP contribution is -2.09. The number of aromatic nitrogens is 1. The van der Waals surface area contributed by atoms with E-state index in [1.165, 1.54) is 13.0 Å². The van der Waals surface area contributed by atoms with Crippen molar-refractivity contribution in [1.82, 2.24) is 4.98 Å². The third-order valence-corrected chi connectivity index (χ3v) is 3.28. The molecule has 0 saturated heterocycles. The Morgan fingerprint density at radius 2 is 2.15 bits per heavy atom. The van der Waals surface area contributed by atoms with Gasteiger partial charge in [0.05, 0.1) is 11.2 Å². The Bertz CT molecular complexity index is 805. The van der Waals surface area contributed by atoms with E-state index in [0.29, 0.717) is 16.6 Å². The fourth-order valence-corrected chi connectivity index (χ4v) is 2.37. The highest BCUT2D eigenvalue weighted by Gasteiger charge is 2.09. The Kier molecular flexibility index (Phi) is 3.49. The number of fused-ring (bicyclic) bond motifs is 1. The monoisotopic (exact) mass is 295 g/mol. The van der Waals surface area contributed by atoms with Crippen LogP contribution in [0.5, 0.6) is 0 Å². The molecule has 0 aliphatic rings. The van der Waals surface area contributed by atoms with Crippen molar-refractivity contribution in [2.45, 2.75) is 6.92 Å². The predicted octanol–water partition coefficient (Wildman–Crippen LogP) is 2.18. The van der Waals surface area contributed by atoms with Crippen LogP contribution in [0.1, 0.15) is 12.5 Å². The van der Waals surface area contributed by atoms with E-state index in [-0.39, 0.29) is 5.70 Å². The third kappa shape index (κ3) is 3.15. The number of nitrogens with one attached hydrogen (secondary N) is 2. The fourth-order valence-electron chi connectivity index (χ4n) is 1.82. The van der Waals surface area contributed by atoms with Gasteiger partial charge in [-0.15, -0.1) is 0 Å². The van der Waals surface area contributed by atoms with Crippen molar-refractivity contribution in [2.75, 3.05) is 11.0 Å². The number of anilines is 1. The van der Waals surface area contributed by atoms with Gasteiger partial charge in [-0.05, 0) is 18.2 Å². The van der Waals surface area contributed by atoms with Gasteiger partial charge >= 0.3 is 0 Å². The maximum absolute atomic E-state index is 11.2. The standard InChI is InChI=1S/C12H13N3O4S/c1-8(15(16)17)5-9-7-13-12-4-3-10(6-11(9)12)14-20(2,18)19/h3-7,13-14H,1-2H3. The number of rotatable bonds is 4. The minimum Gasteiger partial charge on any atom is -0.361 e. The smallest absolute Gasteiger partial charge is 0.243 e. The predicted molar refractivity (Wildman–Crippen MR) is 77.4 cm³/mol. The molecule has 2 rings (SSSR count). The van der Waals surface area contributed by atoms with Gasteiger partial charge in [0.1, 0.15) is 0 Å². The molecule has 7 nitrogen and oxygen atoms in total. The molecule has 0 unspecified atom stereocenters. The molecule has 8 heteroatoms. The summed E-state index contributed by atoms with van der Waals surface area (Å²) in [6.45, 7) is 1.40. The molecule has 0 spiro atoms. The number of benzene rings is 1. The molecule has 1 aromatic carbocycles. The van der Waals surface area contributed by atoms with Gasteiger partial charge in [-0.2, -0.15) is 0 Å². The Labute approximate surface area is 115 Å². The van der Waals surface area contributed by atoms with Crippen LogP contribution in [0.25, 0.3) is 17.0 Å². The molecule has 0 saturated carbocycles. The topological polar surface area (TPSA) is 105 Å². The maximum Gasteiger partial charge on any atom is 0.243 e. The van der Waals surface area contributed by atoms with Gasteiger partial charge in [0.25, 0.3) is 0 Å². The van der Waals surface area contributed by atoms with E-state index in [9.17, 15) is 18.5 Å². The molecule has 0 aliphatic carbocycles. The molecule has 2 aromatic rings. The normalized spacial score (nSPS) is 12.6. The van der Waals surface area contributed by atoms with Crippen molar-refractivity contribution in [2.24, 2.45) is 0 Å². The third-order valence-electron chi connectivity index (χ3n) is 2.67. The zero-order valence-corrected chi connectivity index (χ0v) is 11.7. The number of aromatic amines is 1. The van der Waals surface area contributed by atoms with Gasteiger partial charge in [-0.1, -0.05) is 0 Å². The molecule has 2 N–H and O–H groups in total. The summed E-state index contributed by atoms with van der Waals surface area (Å²) in [5.41, 5.74) is 1.82. The van der Waals surface area contributed by atoms with Crippen LogP contribution in [0.4, 0.5) is 5.69 Å². The molecule has 0 amide bonds. The number of allylic oxidation sites excluding steroid dienone is 1. The van der Waals surface area contributed by atoms with Crippen molar-refractivity contribution in [3.05, 3.63) is 45.8 Å². The average molecular weight is 295 g/mol. The lowest BCUT2D eigenvalue weighted by Gasteiger charge is -2.03. The average Bonchev–Trinajstić information content (AvgIpc) is 2.70. The van der Waals surface area contributed by atoms with Gasteiger partial charge in [0.2, 0.25) is 15.7 Å². The van der Waals surface area contributed by atoms with E-state index in [4.69, 9.17) is 0 Å². The molecule has 0 bridgehead atoms. The second kappa shape index (κ2) is 4.97. The number of H-pyrrole nitrogens is 1. The largest absolute Gasteiger partial charge is 0.361 e. The second-order valence-electron chi connectivity index (χ2n) is 4.42. The molecule has 1 heterocycles. The summed E-state index contributed by atoms with van der Waals surface area (Å²) in [6.07, 6.45) is 4.14. The Balaban J connectivity index is 2.50. The molecule has 20 heavy (non-hydrogen) atoms. The van der Waals surface area contributed by atoms with Crippen molar-refractivity contribution in [3.8, 4) is 0 Å². The Morgan fingerprint density at radius 3 is 2.75 bits per heavy atom. The van der Waals surface area contributed by atoms with Gasteiger partial charge < -0.3 is 4.98 Å². The van der Waals surface area contributed by atoms with Crippen LogP contribution < -0.4 is 4.72 Å². The first kappa shape index (κ1) is 14.1. The summed E-state index contributed by atoms with van der Waals surface area (Å²) < 4.78 is 24.8. The summed E-state index contributed by atoms with van der Waals surface area (Å²) >= 11 is 0. The first-order chi connectivity index (χ1) is 9.26.